The summed E-state index contributed by atoms with van der Waals surface area (Å²) >= 11 is 0. The van der Waals surface area contributed by atoms with Gasteiger partial charge in [0, 0.05) is 57.7 Å². The van der Waals surface area contributed by atoms with Gasteiger partial charge in [-0.05, 0) is 42.4 Å². The Labute approximate surface area is 230 Å². The van der Waals surface area contributed by atoms with Crippen LogP contribution in [0.1, 0.15) is 64.4 Å². The lowest BCUT2D eigenvalue weighted by atomic mass is 9.84. The highest BCUT2D eigenvalue weighted by Crippen LogP contribution is 2.43. The number of carbonyl (C=O) groups excluding carboxylic acids is 2. The summed E-state index contributed by atoms with van der Waals surface area (Å²) in [5.74, 6) is -0.730. The standard InChI is InChI=1S/C29H43N3O7/c1-4-5-10-30(11-6-13-33)26(35)17-32-16-21(20-7-8-23-24(14-20)39-19-38-23)27(28(36)37)22(32)9-12-31-18-29(2,3)15-25(31)34/h7-8,14,21-22,27,33H,4-6,9-13,15-19H2,1-3H3,(H,36,37)/t21-,22+,27?/m1/s1. The van der Waals surface area contributed by atoms with E-state index in [-0.39, 0.29) is 43.1 Å². The SMILES string of the molecule is CCCCN(CCCO)C(=O)CN1C[C@H](c2ccc3c(c2)OCO3)C(C(=O)O)[C@@H]1CCN1CC(C)(C)CC1=O. The summed E-state index contributed by atoms with van der Waals surface area (Å²) in [5.41, 5.74) is 0.740. The van der Waals surface area contributed by atoms with E-state index in [9.17, 15) is 24.6 Å². The lowest BCUT2D eigenvalue weighted by molar-refractivity contribution is -0.144. The number of aliphatic carboxylic acids is 1. The number of rotatable bonds is 13. The predicted molar refractivity (Wildman–Crippen MR) is 145 cm³/mol. The Bertz CT molecular complexity index is 1040. The maximum Gasteiger partial charge on any atom is 0.308 e. The van der Waals surface area contributed by atoms with E-state index in [1.807, 2.05) is 28.0 Å². The van der Waals surface area contributed by atoms with Crippen LogP contribution >= 0.6 is 0 Å². The lowest BCUT2D eigenvalue weighted by Gasteiger charge is -2.31. The number of amides is 2. The number of benzene rings is 1. The van der Waals surface area contributed by atoms with E-state index in [0.29, 0.717) is 63.5 Å². The van der Waals surface area contributed by atoms with Crippen LogP contribution in [-0.4, -0.2) is 101 Å². The van der Waals surface area contributed by atoms with Gasteiger partial charge >= 0.3 is 5.97 Å². The molecule has 216 valence electrons. The van der Waals surface area contributed by atoms with E-state index in [1.54, 1.807) is 4.90 Å². The summed E-state index contributed by atoms with van der Waals surface area (Å²) in [6, 6.07) is 5.14. The first-order valence-corrected chi connectivity index (χ1v) is 14.2. The first-order chi connectivity index (χ1) is 18.6. The van der Waals surface area contributed by atoms with Crippen LogP contribution < -0.4 is 9.47 Å². The smallest absolute Gasteiger partial charge is 0.308 e. The molecule has 0 aromatic heterocycles. The highest BCUT2D eigenvalue weighted by molar-refractivity contribution is 5.80. The van der Waals surface area contributed by atoms with Crippen molar-refractivity contribution in [1.82, 2.24) is 14.7 Å². The monoisotopic (exact) mass is 545 g/mol. The minimum absolute atomic E-state index is 0.00965. The van der Waals surface area contributed by atoms with E-state index in [1.165, 1.54) is 0 Å². The van der Waals surface area contributed by atoms with Gasteiger partial charge in [-0.15, -0.1) is 0 Å². The van der Waals surface area contributed by atoms with E-state index >= 15 is 0 Å². The highest BCUT2D eigenvalue weighted by atomic mass is 16.7. The molecule has 3 aliphatic heterocycles. The van der Waals surface area contributed by atoms with Crippen LogP contribution in [0, 0.1) is 11.3 Å². The molecule has 39 heavy (non-hydrogen) atoms. The van der Waals surface area contributed by atoms with Gasteiger partial charge in [-0.2, -0.15) is 0 Å². The molecule has 4 rings (SSSR count). The molecule has 2 fully saturated rings. The quantitative estimate of drug-likeness (QED) is 0.388. The second kappa shape index (κ2) is 12.6. The molecule has 3 aliphatic rings. The molecule has 0 spiro atoms. The first-order valence-electron chi connectivity index (χ1n) is 14.2. The Hall–Kier alpha value is -2.85. The number of likely N-dealkylation sites (tertiary alicyclic amines) is 2. The highest BCUT2D eigenvalue weighted by Gasteiger charge is 2.48. The van der Waals surface area contributed by atoms with Gasteiger partial charge in [0.25, 0.3) is 0 Å². The predicted octanol–water partition coefficient (Wildman–Crippen LogP) is 2.54. The zero-order valence-corrected chi connectivity index (χ0v) is 23.4. The molecule has 10 heteroatoms. The van der Waals surface area contributed by atoms with Crippen LogP contribution in [0.15, 0.2) is 18.2 Å². The van der Waals surface area contributed by atoms with Crippen molar-refractivity contribution in [1.29, 1.82) is 0 Å². The molecule has 0 radical (unpaired) electrons. The van der Waals surface area contributed by atoms with Gasteiger partial charge in [-0.1, -0.05) is 33.3 Å². The van der Waals surface area contributed by atoms with E-state index in [2.05, 4.69) is 20.8 Å². The van der Waals surface area contributed by atoms with E-state index in [0.717, 1.165) is 18.4 Å². The molecule has 1 aromatic carbocycles. The summed E-state index contributed by atoms with van der Waals surface area (Å²) in [6.45, 7) is 9.05. The fourth-order valence-electron chi connectivity index (χ4n) is 6.25. The van der Waals surface area contributed by atoms with Crippen LogP contribution in [0.3, 0.4) is 0 Å². The van der Waals surface area contributed by atoms with Gasteiger partial charge < -0.3 is 29.5 Å². The number of aliphatic hydroxyl groups is 1. The molecular weight excluding hydrogens is 502 g/mol. The van der Waals surface area contributed by atoms with Crippen LogP contribution in [0.25, 0.3) is 0 Å². The summed E-state index contributed by atoms with van der Waals surface area (Å²) in [7, 11) is 0. The fraction of sp³-hybridized carbons (Fsp3) is 0.690. The number of aliphatic hydroxyl groups excluding tert-OH is 1. The molecule has 10 nitrogen and oxygen atoms in total. The van der Waals surface area contributed by atoms with Crippen molar-refractivity contribution in [2.45, 2.75) is 64.8 Å². The average Bonchev–Trinajstić information content (AvgIpc) is 3.56. The Morgan fingerprint density at radius 3 is 2.56 bits per heavy atom. The number of hydrogen-bond donors (Lipinski definition) is 2. The van der Waals surface area contributed by atoms with Crippen LogP contribution in [0.2, 0.25) is 0 Å². The van der Waals surface area contributed by atoms with Crippen molar-refractivity contribution in [3.8, 4) is 11.5 Å². The number of nitrogens with zero attached hydrogens (tertiary/aromatic N) is 3. The summed E-state index contributed by atoms with van der Waals surface area (Å²) in [5, 5.41) is 19.8. The molecule has 3 atom stereocenters. The largest absolute Gasteiger partial charge is 0.481 e. The third-order valence-electron chi connectivity index (χ3n) is 8.21. The molecule has 3 heterocycles. The Balaban J connectivity index is 1.58. The first kappa shape index (κ1) is 29.1. The number of ether oxygens (including phenoxy) is 2. The van der Waals surface area contributed by atoms with Crippen LogP contribution in [-0.2, 0) is 14.4 Å². The van der Waals surface area contributed by atoms with Crippen molar-refractivity contribution in [3.05, 3.63) is 23.8 Å². The Kier molecular flexibility index (Phi) is 9.38. The van der Waals surface area contributed by atoms with Gasteiger partial charge in [0.1, 0.15) is 0 Å². The molecule has 1 aromatic rings. The van der Waals surface area contributed by atoms with Crippen molar-refractivity contribution < 1.29 is 34.1 Å². The number of fused-ring (bicyclic) bond motifs is 1. The number of carbonyl (C=O) groups is 3. The molecule has 2 saturated heterocycles. The number of unbranched alkanes of at least 4 members (excludes halogenated alkanes) is 1. The second-order valence-electron chi connectivity index (χ2n) is 11.8. The number of hydrogen-bond acceptors (Lipinski definition) is 7. The zero-order valence-electron chi connectivity index (χ0n) is 23.4. The van der Waals surface area contributed by atoms with Gasteiger partial charge in [0.2, 0.25) is 18.6 Å². The average molecular weight is 546 g/mol. The summed E-state index contributed by atoms with van der Waals surface area (Å²) < 4.78 is 11.0. The zero-order chi connectivity index (χ0) is 28.2. The normalized spacial score (nSPS) is 23.9. The molecule has 0 saturated carbocycles. The van der Waals surface area contributed by atoms with Crippen molar-refractivity contribution >= 4 is 17.8 Å². The van der Waals surface area contributed by atoms with Crippen molar-refractivity contribution in [2.75, 3.05) is 52.7 Å². The molecule has 2 N–H and O–H groups in total. The lowest BCUT2D eigenvalue weighted by Crippen LogP contribution is -2.46. The summed E-state index contributed by atoms with van der Waals surface area (Å²) in [4.78, 5) is 44.5. The molecule has 0 bridgehead atoms. The van der Waals surface area contributed by atoms with Gasteiger partial charge in [-0.25, -0.2) is 0 Å². The van der Waals surface area contributed by atoms with Crippen LogP contribution in [0.4, 0.5) is 0 Å². The van der Waals surface area contributed by atoms with Crippen molar-refractivity contribution in [2.24, 2.45) is 11.3 Å². The fourth-order valence-corrected chi connectivity index (χ4v) is 6.25. The van der Waals surface area contributed by atoms with E-state index in [4.69, 9.17) is 9.47 Å². The Morgan fingerprint density at radius 1 is 1.15 bits per heavy atom. The van der Waals surface area contributed by atoms with Crippen LogP contribution in [0.5, 0.6) is 11.5 Å². The topological polar surface area (TPSA) is 120 Å². The molecular formula is C29H43N3O7. The third-order valence-corrected chi connectivity index (χ3v) is 8.21. The van der Waals surface area contributed by atoms with Gasteiger partial charge in [0.15, 0.2) is 11.5 Å². The minimum Gasteiger partial charge on any atom is -0.481 e. The maximum absolute atomic E-state index is 13.5. The second-order valence-corrected chi connectivity index (χ2v) is 11.8. The van der Waals surface area contributed by atoms with Gasteiger partial charge in [0.05, 0.1) is 12.5 Å². The van der Waals surface area contributed by atoms with Crippen molar-refractivity contribution in [3.63, 3.8) is 0 Å². The molecule has 1 unspecified atom stereocenters. The maximum atomic E-state index is 13.5. The molecule has 0 aliphatic carbocycles. The number of carboxylic acid groups (broad SMARTS) is 1. The minimum atomic E-state index is -0.909. The summed E-state index contributed by atoms with van der Waals surface area (Å²) in [6.07, 6.45) is 3.27. The molecule has 2 amide bonds. The number of carboxylic acids is 1. The van der Waals surface area contributed by atoms with E-state index < -0.39 is 17.9 Å². The Morgan fingerprint density at radius 2 is 1.90 bits per heavy atom. The third kappa shape index (κ3) is 6.84. The van der Waals surface area contributed by atoms with Gasteiger partial charge in [-0.3, -0.25) is 19.3 Å².